The molecule has 0 fully saturated rings. The molecule has 0 amide bonds. The van der Waals surface area contributed by atoms with Crippen LogP contribution in [0.1, 0.15) is 23.4 Å². The maximum atomic E-state index is 5.59. The fourth-order valence-electron chi connectivity index (χ4n) is 2.03. The number of aromatic amines is 1. The quantitative estimate of drug-likeness (QED) is 0.839. The summed E-state index contributed by atoms with van der Waals surface area (Å²) in [4.78, 5) is 0. The van der Waals surface area contributed by atoms with Crippen molar-refractivity contribution in [1.82, 2.24) is 20.6 Å². The lowest BCUT2D eigenvalue weighted by atomic mass is 10.1. The lowest BCUT2D eigenvalue weighted by Crippen LogP contribution is -1.98. The van der Waals surface area contributed by atoms with Crippen LogP contribution >= 0.6 is 0 Å². The maximum absolute atomic E-state index is 5.59. The number of H-pyrrole nitrogens is 1. The summed E-state index contributed by atoms with van der Waals surface area (Å²) < 4.78 is 5.59. The third-order valence-electron chi connectivity index (χ3n) is 2.83. The Balaban J connectivity index is 1.71. The predicted octanol–water partition coefficient (Wildman–Crippen LogP) is 1.27. The van der Waals surface area contributed by atoms with E-state index < -0.39 is 0 Å². The van der Waals surface area contributed by atoms with Gasteiger partial charge in [-0.1, -0.05) is 11.3 Å². The first kappa shape index (κ1) is 9.33. The summed E-state index contributed by atoms with van der Waals surface area (Å²) >= 11 is 0. The van der Waals surface area contributed by atoms with Gasteiger partial charge in [-0.3, -0.25) is 0 Å². The summed E-state index contributed by atoms with van der Waals surface area (Å²) in [6.07, 6.45) is 3.61. The van der Waals surface area contributed by atoms with Crippen molar-refractivity contribution in [2.24, 2.45) is 0 Å². The Hall–Kier alpha value is -1.91. The first-order chi connectivity index (χ1) is 7.92. The molecule has 16 heavy (non-hydrogen) atoms. The number of aryl methyl sites for hydroxylation is 2. The number of nitrogens with zero attached hydrogens (tertiary/aromatic N) is 3. The SMILES string of the molecule is c1cc2c(cc1OCc1nn[nH]n1)CCC2. The molecule has 1 aromatic carbocycles. The molecule has 3 rings (SSSR count). The first-order valence-electron chi connectivity index (χ1n) is 5.39. The molecule has 1 aromatic heterocycles. The van der Waals surface area contributed by atoms with Gasteiger partial charge in [-0.25, -0.2) is 0 Å². The molecule has 5 heteroatoms. The number of nitrogens with one attached hydrogen (secondary N) is 1. The van der Waals surface area contributed by atoms with E-state index in [9.17, 15) is 0 Å². The van der Waals surface area contributed by atoms with Crippen molar-refractivity contribution in [3.63, 3.8) is 0 Å². The van der Waals surface area contributed by atoms with Crippen molar-refractivity contribution in [2.75, 3.05) is 0 Å². The molecule has 1 heterocycles. The van der Waals surface area contributed by atoms with E-state index in [4.69, 9.17) is 4.74 Å². The van der Waals surface area contributed by atoms with Gasteiger partial charge in [-0.2, -0.15) is 5.21 Å². The average molecular weight is 216 g/mol. The molecule has 5 nitrogen and oxygen atoms in total. The second-order valence-corrected chi connectivity index (χ2v) is 3.90. The average Bonchev–Trinajstić information content (AvgIpc) is 2.97. The molecule has 0 saturated heterocycles. The van der Waals surface area contributed by atoms with Crippen molar-refractivity contribution in [2.45, 2.75) is 25.9 Å². The van der Waals surface area contributed by atoms with Gasteiger partial charge in [0.15, 0.2) is 6.61 Å². The topological polar surface area (TPSA) is 63.7 Å². The standard InChI is InChI=1S/C11H12N4O/c1-2-8-4-5-10(6-9(8)3-1)16-7-11-12-14-15-13-11/h4-6H,1-3,7H2,(H,12,13,14,15). The van der Waals surface area contributed by atoms with E-state index in [2.05, 4.69) is 32.8 Å². The number of tetrazole rings is 1. The van der Waals surface area contributed by atoms with Crippen molar-refractivity contribution >= 4 is 0 Å². The summed E-state index contributed by atoms with van der Waals surface area (Å²) in [5.74, 6) is 1.45. The minimum atomic E-state index is 0.356. The normalized spacial score (nSPS) is 13.8. The molecule has 0 saturated carbocycles. The van der Waals surface area contributed by atoms with Gasteiger partial charge in [0.2, 0.25) is 5.82 Å². The summed E-state index contributed by atoms with van der Waals surface area (Å²) in [5, 5.41) is 13.5. The number of aromatic nitrogens is 4. The molecule has 0 bridgehead atoms. The second kappa shape index (κ2) is 3.92. The van der Waals surface area contributed by atoms with Crippen molar-refractivity contribution in [1.29, 1.82) is 0 Å². The molecular formula is C11H12N4O. The Morgan fingerprint density at radius 3 is 3.06 bits per heavy atom. The largest absolute Gasteiger partial charge is 0.485 e. The van der Waals surface area contributed by atoms with Crippen LogP contribution in [-0.4, -0.2) is 20.6 Å². The molecule has 0 unspecified atom stereocenters. The first-order valence-corrected chi connectivity index (χ1v) is 5.39. The highest BCUT2D eigenvalue weighted by Gasteiger charge is 2.11. The van der Waals surface area contributed by atoms with Crippen LogP contribution in [0.2, 0.25) is 0 Å². The van der Waals surface area contributed by atoms with Crippen molar-refractivity contribution in [3.05, 3.63) is 35.2 Å². The molecule has 82 valence electrons. The number of hydrogen-bond acceptors (Lipinski definition) is 4. The van der Waals surface area contributed by atoms with Gasteiger partial charge in [0.05, 0.1) is 0 Å². The highest BCUT2D eigenvalue weighted by atomic mass is 16.5. The molecule has 1 aliphatic carbocycles. The zero-order valence-corrected chi connectivity index (χ0v) is 8.81. The monoisotopic (exact) mass is 216 g/mol. The number of benzene rings is 1. The maximum Gasteiger partial charge on any atom is 0.211 e. The molecular weight excluding hydrogens is 204 g/mol. The summed E-state index contributed by atoms with van der Waals surface area (Å²) in [7, 11) is 0. The van der Waals surface area contributed by atoms with Crippen LogP contribution in [0.3, 0.4) is 0 Å². The van der Waals surface area contributed by atoms with Crippen LogP contribution in [0.5, 0.6) is 5.75 Å². The van der Waals surface area contributed by atoms with Crippen molar-refractivity contribution in [3.8, 4) is 5.75 Å². The summed E-state index contributed by atoms with van der Waals surface area (Å²) in [6, 6.07) is 6.26. The van der Waals surface area contributed by atoms with E-state index >= 15 is 0 Å². The van der Waals surface area contributed by atoms with Gasteiger partial charge in [-0.15, -0.1) is 10.2 Å². The summed E-state index contributed by atoms with van der Waals surface area (Å²) in [5.41, 5.74) is 2.86. The second-order valence-electron chi connectivity index (χ2n) is 3.90. The third-order valence-corrected chi connectivity index (χ3v) is 2.83. The Labute approximate surface area is 92.8 Å². The van der Waals surface area contributed by atoms with Crippen LogP contribution in [-0.2, 0) is 19.4 Å². The number of hydrogen-bond donors (Lipinski definition) is 1. The van der Waals surface area contributed by atoms with E-state index in [1.807, 2.05) is 6.07 Å². The highest BCUT2D eigenvalue weighted by Crippen LogP contribution is 2.26. The Bertz CT molecular complexity index is 481. The zero-order chi connectivity index (χ0) is 10.8. The van der Waals surface area contributed by atoms with Gasteiger partial charge < -0.3 is 4.74 Å². The molecule has 1 N–H and O–H groups in total. The smallest absolute Gasteiger partial charge is 0.211 e. The fraction of sp³-hybridized carbons (Fsp3) is 0.364. The number of rotatable bonds is 3. The van der Waals surface area contributed by atoms with Gasteiger partial charge in [-0.05, 0) is 42.5 Å². The lowest BCUT2D eigenvalue weighted by Gasteiger charge is -2.05. The van der Waals surface area contributed by atoms with E-state index in [0.29, 0.717) is 12.4 Å². The minimum absolute atomic E-state index is 0.356. The van der Waals surface area contributed by atoms with Crippen LogP contribution in [0.15, 0.2) is 18.2 Å². The fourth-order valence-corrected chi connectivity index (χ4v) is 2.03. The molecule has 0 spiro atoms. The van der Waals surface area contributed by atoms with Crippen molar-refractivity contribution < 1.29 is 4.74 Å². The predicted molar refractivity (Wildman–Crippen MR) is 57.0 cm³/mol. The van der Waals surface area contributed by atoms with Crippen LogP contribution in [0.4, 0.5) is 0 Å². The van der Waals surface area contributed by atoms with E-state index in [-0.39, 0.29) is 0 Å². The lowest BCUT2D eigenvalue weighted by molar-refractivity contribution is 0.295. The van der Waals surface area contributed by atoms with Gasteiger partial charge in [0, 0.05) is 0 Å². The molecule has 1 aliphatic rings. The van der Waals surface area contributed by atoms with Gasteiger partial charge >= 0.3 is 0 Å². The van der Waals surface area contributed by atoms with E-state index in [1.54, 1.807) is 0 Å². The Morgan fingerprint density at radius 2 is 2.19 bits per heavy atom. The molecule has 0 aliphatic heterocycles. The van der Waals surface area contributed by atoms with Crippen LogP contribution in [0, 0.1) is 0 Å². The zero-order valence-electron chi connectivity index (χ0n) is 8.81. The van der Waals surface area contributed by atoms with Crippen LogP contribution in [0.25, 0.3) is 0 Å². The third kappa shape index (κ3) is 1.76. The van der Waals surface area contributed by atoms with E-state index in [0.717, 1.165) is 12.2 Å². The number of fused-ring (bicyclic) bond motifs is 1. The Morgan fingerprint density at radius 1 is 1.25 bits per heavy atom. The summed E-state index contributed by atoms with van der Waals surface area (Å²) in [6.45, 7) is 0.356. The Kier molecular flexibility index (Phi) is 2.29. The number of ether oxygens (including phenoxy) is 1. The molecule has 0 radical (unpaired) electrons. The van der Waals surface area contributed by atoms with Gasteiger partial charge in [0.1, 0.15) is 5.75 Å². The molecule has 0 atom stereocenters. The highest BCUT2D eigenvalue weighted by molar-refractivity contribution is 5.38. The van der Waals surface area contributed by atoms with Crippen LogP contribution < -0.4 is 4.74 Å². The molecule has 2 aromatic rings. The minimum Gasteiger partial charge on any atom is -0.485 e. The van der Waals surface area contributed by atoms with E-state index in [1.165, 1.54) is 24.0 Å². The van der Waals surface area contributed by atoms with Gasteiger partial charge in [0.25, 0.3) is 0 Å².